The van der Waals surface area contributed by atoms with E-state index in [0.717, 1.165) is 37.4 Å². The maximum atomic E-state index is 12.3. The van der Waals surface area contributed by atoms with Crippen molar-refractivity contribution in [2.24, 2.45) is 4.99 Å². The fourth-order valence-corrected chi connectivity index (χ4v) is 3.50. The molecule has 0 saturated carbocycles. The number of benzene rings is 2. The smallest absolute Gasteiger partial charge is 0.276 e. The van der Waals surface area contributed by atoms with Crippen LogP contribution in [0, 0.1) is 0 Å². The highest BCUT2D eigenvalue weighted by atomic mass is 16.7. The van der Waals surface area contributed by atoms with E-state index in [-0.39, 0.29) is 12.7 Å². The molecule has 1 saturated heterocycles. The molecule has 5 rings (SSSR count). The van der Waals surface area contributed by atoms with Gasteiger partial charge in [-0.1, -0.05) is 6.07 Å². The zero-order chi connectivity index (χ0) is 19.6. The molecular weight excluding hydrogens is 370 g/mol. The Morgan fingerprint density at radius 2 is 1.83 bits per heavy atom. The van der Waals surface area contributed by atoms with Crippen molar-refractivity contribution < 1.29 is 14.3 Å². The molecule has 3 aliphatic rings. The lowest BCUT2D eigenvalue weighted by Crippen LogP contribution is -2.43. The maximum Gasteiger partial charge on any atom is 0.276 e. The highest BCUT2D eigenvalue weighted by Crippen LogP contribution is 2.33. The van der Waals surface area contributed by atoms with Crippen LogP contribution < -0.4 is 30.3 Å². The van der Waals surface area contributed by atoms with E-state index in [4.69, 9.17) is 9.47 Å². The number of nitrogens with one attached hydrogen (secondary N) is 3. The molecule has 0 atom stereocenters. The number of ether oxygens (including phenoxy) is 2. The normalized spacial score (nSPS) is 19.3. The van der Waals surface area contributed by atoms with Gasteiger partial charge in [0.25, 0.3) is 5.91 Å². The van der Waals surface area contributed by atoms with Crippen molar-refractivity contribution >= 4 is 29.3 Å². The van der Waals surface area contributed by atoms with Crippen LogP contribution in [0.3, 0.4) is 0 Å². The van der Waals surface area contributed by atoms with Crippen molar-refractivity contribution in [3.63, 3.8) is 0 Å². The van der Waals surface area contributed by atoms with Crippen molar-refractivity contribution in [1.82, 2.24) is 10.6 Å². The molecule has 2 aromatic rings. The Hall–Kier alpha value is -3.52. The minimum Gasteiger partial charge on any atom is -0.454 e. The molecule has 3 heterocycles. The highest BCUT2D eigenvalue weighted by molar-refractivity contribution is 6.17. The second-order valence-electron chi connectivity index (χ2n) is 6.97. The number of fused-ring (bicyclic) bond motifs is 1. The van der Waals surface area contributed by atoms with Crippen LogP contribution in [0.2, 0.25) is 0 Å². The van der Waals surface area contributed by atoms with Crippen molar-refractivity contribution in [3.8, 4) is 11.5 Å². The number of hydrogen-bond donors (Lipinski definition) is 3. The molecule has 2 aromatic carbocycles. The van der Waals surface area contributed by atoms with E-state index in [2.05, 4.69) is 38.0 Å². The highest BCUT2D eigenvalue weighted by Gasteiger charge is 2.21. The molecule has 3 N–H and O–H groups in total. The number of piperazine rings is 1. The van der Waals surface area contributed by atoms with Gasteiger partial charge in [-0.15, -0.1) is 0 Å². The first-order valence-corrected chi connectivity index (χ1v) is 9.59. The Kier molecular flexibility index (Phi) is 4.53. The molecule has 0 radical (unpaired) electrons. The average molecular weight is 391 g/mol. The van der Waals surface area contributed by atoms with Gasteiger partial charge in [0.05, 0.1) is 0 Å². The van der Waals surface area contributed by atoms with Crippen LogP contribution in [0.5, 0.6) is 11.5 Å². The molecule has 0 spiro atoms. The Balaban J connectivity index is 1.28. The lowest BCUT2D eigenvalue weighted by molar-refractivity contribution is -0.115. The van der Waals surface area contributed by atoms with Gasteiger partial charge >= 0.3 is 0 Å². The number of carbonyl (C=O) groups excluding carboxylic acids is 1. The summed E-state index contributed by atoms with van der Waals surface area (Å²) in [6.07, 6.45) is 1.72. The minimum atomic E-state index is -0.248. The lowest BCUT2D eigenvalue weighted by atomic mass is 10.1. The molecule has 8 heteroatoms. The zero-order valence-electron chi connectivity index (χ0n) is 15.8. The van der Waals surface area contributed by atoms with E-state index < -0.39 is 0 Å². The summed E-state index contributed by atoms with van der Waals surface area (Å²) in [6, 6.07) is 13.7. The maximum absolute atomic E-state index is 12.3. The van der Waals surface area contributed by atoms with Gasteiger partial charge in [-0.3, -0.25) is 10.1 Å². The number of nitrogens with zero attached hydrogens (tertiary/aromatic N) is 2. The van der Waals surface area contributed by atoms with Crippen LogP contribution in [-0.4, -0.2) is 44.8 Å². The number of guanidine groups is 1. The molecule has 148 valence electrons. The molecule has 0 aliphatic carbocycles. The number of anilines is 2. The van der Waals surface area contributed by atoms with E-state index >= 15 is 0 Å². The standard InChI is InChI=1S/C21H21N5O3/c27-20-17(11-14-1-6-18-19(12-14)29-13-28-18)24-21(25-20)23-15-2-4-16(5-3-15)26-9-7-22-8-10-26/h1-6,11-12,22H,7-10,13H2,(H2,23,24,25,27)/b17-11-. The topological polar surface area (TPSA) is 87.2 Å². The molecule has 29 heavy (non-hydrogen) atoms. The summed E-state index contributed by atoms with van der Waals surface area (Å²) >= 11 is 0. The molecular formula is C21H21N5O3. The van der Waals surface area contributed by atoms with Crippen molar-refractivity contribution in [2.75, 3.05) is 43.2 Å². The SMILES string of the molecule is O=C1NC(Nc2ccc(N3CCNCC3)cc2)=N/C1=C\c1ccc2c(c1)OCO2. The van der Waals surface area contributed by atoms with Gasteiger partial charge in [-0.2, -0.15) is 0 Å². The molecule has 0 aromatic heterocycles. The molecule has 8 nitrogen and oxygen atoms in total. The summed E-state index contributed by atoms with van der Waals surface area (Å²) in [7, 11) is 0. The first-order chi connectivity index (χ1) is 14.2. The lowest BCUT2D eigenvalue weighted by Gasteiger charge is -2.29. The van der Waals surface area contributed by atoms with Gasteiger partial charge < -0.3 is 25.0 Å². The Labute approximate surface area is 168 Å². The quantitative estimate of drug-likeness (QED) is 0.692. The Bertz CT molecular complexity index is 994. The molecule has 3 aliphatic heterocycles. The summed E-state index contributed by atoms with van der Waals surface area (Å²) in [4.78, 5) is 19.0. The van der Waals surface area contributed by atoms with Crippen LogP contribution in [0.4, 0.5) is 11.4 Å². The van der Waals surface area contributed by atoms with Crippen molar-refractivity contribution in [2.45, 2.75) is 0 Å². The third-order valence-electron chi connectivity index (χ3n) is 5.01. The van der Waals surface area contributed by atoms with E-state index in [0.29, 0.717) is 23.2 Å². The predicted octanol–water partition coefficient (Wildman–Crippen LogP) is 1.76. The second kappa shape index (κ2) is 7.48. The third kappa shape index (κ3) is 3.74. The van der Waals surface area contributed by atoms with Crippen LogP contribution in [0.1, 0.15) is 5.56 Å². The van der Waals surface area contributed by atoms with Gasteiger partial charge in [-0.25, -0.2) is 4.99 Å². The predicted molar refractivity (Wildman–Crippen MR) is 111 cm³/mol. The Morgan fingerprint density at radius 3 is 2.66 bits per heavy atom. The molecule has 0 bridgehead atoms. The number of amides is 1. The number of aliphatic imine (C=N–C) groups is 1. The fourth-order valence-electron chi connectivity index (χ4n) is 3.50. The third-order valence-corrected chi connectivity index (χ3v) is 5.01. The largest absolute Gasteiger partial charge is 0.454 e. The molecule has 1 fully saturated rings. The van der Waals surface area contributed by atoms with E-state index in [1.165, 1.54) is 5.69 Å². The summed E-state index contributed by atoms with van der Waals surface area (Å²) < 4.78 is 10.7. The summed E-state index contributed by atoms with van der Waals surface area (Å²) in [5.74, 6) is 1.54. The first kappa shape index (κ1) is 17.6. The average Bonchev–Trinajstić information content (AvgIpc) is 3.35. The summed E-state index contributed by atoms with van der Waals surface area (Å²) in [5, 5.41) is 9.27. The van der Waals surface area contributed by atoms with Gasteiger partial charge in [0.15, 0.2) is 11.5 Å². The molecule has 0 unspecified atom stereocenters. The summed E-state index contributed by atoms with van der Waals surface area (Å²) in [5.41, 5.74) is 3.22. The number of hydrogen-bond acceptors (Lipinski definition) is 7. The van der Waals surface area contributed by atoms with Crippen LogP contribution in [-0.2, 0) is 4.79 Å². The van der Waals surface area contributed by atoms with E-state index in [1.807, 2.05) is 30.3 Å². The first-order valence-electron chi connectivity index (χ1n) is 9.59. The van der Waals surface area contributed by atoms with E-state index in [1.54, 1.807) is 6.08 Å². The Morgan fingerprint density at radius 1 is 1.03 bits per heavy atom. The van der Waals surface area contributed by atoms with Crippen LogP contribution >= 0.6 is 0 Å². The zero-order valence-corrected chi connectivity index (χ0v) is 15.8. The van der Waals surface area contributed by atoms with Crippen LogP contribution in [0.15, 0.2) is 53.2 Å². The summed E-state index contributed by atoms with van der Waals surface area (Å²) in [6.45, 7) is 4.23. The number of rotatable bonds is 3. The van der Waals surface area contributed by atoms with Crippen molar-refractivity contribution in [1.29, 1.82) is 0 Å². The monoisotopic (exact) mass is 391 g/mol. The van der Waals surface area contributed by atoms with Gasteiger partial charge in [-0.05, 0) is 48.0 Å². The van der Waals surface area contributed by atoms with Gasteiger partial charge in [0, 0.05) is 37.6 Å². The van der Waals surface area contributed by atoms with Crippen LogP contribution in [0.25, 0.3) is 6.08 Å². The van der Waals surface area contributed by atoms with Gasteiger partial charge in [0.1, 0.15) is 5.70 Å². The molecule has 1 amide bonds. The second-order valence-corrected chi connectivity index (χ2v) is 6.97. The fraction of sp³-hybridized carbons (Fsp3) is 0.238. The van der Waals surface area contributed by atoms with Gasteiger partial charge in [0.2, 0.25) is 12.8 Å². The van der Waals surface area contributed by atoms with E-state index in [9.17, 15) is 4.79 Å². The minimum absolute atomic E-state index is 0.218. The number of carbonyl (C=O) groups is 1. The van der Waals surface area contributed by atoms with Crippen molar-refractivity contribution in [3.05, 3.63) is 53.7 Å².